The van der Waals surface area contributed by atoms with Gasteiger partial charge in [-0.3, -0.25) is 9.59 Å². The number of amides is 2. The highest BCUT2D eigenvalue weighted by molar-refractivity contribution is 7.91. The van der Waals surface area contributed by atoms with Crippen LogP contribution in [0, 0.1) is 11.7 Å². The van der Waals surface area contributed by atoms with Crippen molar-refractivity contribution >= 4 is 38.0 Å². The van der Waals surface area contributed by atoms with Gasteiger partial charge in [-0.1, -0.05) is 6.92 Å². The van der Waals surface area contributed by atoms with Crippen molar-refractivity contribution in [2.45, 2.75) is 51.7 Å². The Kier molecular flexibility index (Phi) is 6.76. The van der Waals surface area contributed by atoms with E-state index in [9.17, 15) is 22.4 Å². The Hall–Kier alpha value is -2.46. The van der Waals surface area contributed by atoms with Gasteiger partial charge in [-0.2, -0.15) is 0 Å². The minimum absolute atomic E-state index is 0.0632. The fourth-order valence-corrected chi connectivity index (χ4v) is 7.31. The summed E-state index contributed by atoms with van der Waals surface area (Å²) in [5.74, 6) is -0.334. The Bertz CT molecular complexity index is 1160. The predicted octanol–water partition coefficient (Wildman–Crippen LogP) is 3.33. The summed E-state index contributed by atoms with van der Waals surface area (Å²) in [6.45, 7) is 3.74. The van der Waals surface area contributed by atoms with E-state index in [2.05, 4.69) is 17.6 Å². The van der Waals surface area contributed by atoms with Crippen molar-refractivity contribution in [1.29, 1.82) is 0 Å². The van der Waals surface area contributed by atoms with E-state index in [1.807, 2.05) is 0 Å². The molecule has 0 bridgehead atoms. The first-order chi connectivity index (χ1) is 15.6. The van der Waals surface area contributed by atoms with Crippen molar-refractivity contribution in [3.63, 3.8) is 0 Å². The Balaban J connectivity index is 1.53. The Morgan fingerprint density at radius 1 is 1.21 bits per heavy atom. The van der Waals surface area contributed by atoms with Gasteiger partial charge in [0, 0.05) is 10.9 Å². The first kappa shape index (κ1) is 23.7. The van der Waals surface area contributed by atoms with Crippen molar-refractivity contribution in [3.05, 3.63) is 46.1 Å². The zero-order valence-electron chi connectivity index (χ0n) is 18.5. The Morgan fingerprint density at radius 3 is 2.61 bits per heavy atom. The van der Waals surface area contributed by atoms with Crippen molar-refractivity contribution in [2.24, 2.45) is 5.92 Å². The first-order valence-corrected chi connectivity index (χ1v) is 13.6. The molecular formula is C23H27FN2O5S2. The van der Waals surface area contributed by atoms with E-state index >= 15 is 0 Å². The van der Waals surface area contributed by atoms with Crippen molar-refractivity contribution in [3.8, 4) is 5.75 Å². The topological polar surface area (TPSA) is 102 Å². The lowest BCUT2D eigenvalue weighted by atomic mass is 9.88. The largest absolute Gasteiger partial charge is 0.481 e. The second-order valence-corrected chi connectivity index (χ2v) is 12.2. The quantitative estimate of drug-likeness (QED) is 0.642. The van der Waals surface area contributed by atoms with Crippen LogP contribution in [0.15, 0.2) is 24.3 Å². The van der Waals surface area contributed by atoms with Crippen LogP contribution in [0.2, 0.25) is 0 Å². The number of carbonyl (C=O) groups excluding carboxylic acids is 2. The number of ether oxygens (including phenoxy) is 1. The molecule has 1 fully saturated rings. The molecule has 7 nitrogen and oxygen atoms in total. The second kappa shape index (κ2) is 9.42. The molecule has 2 N–H and O–H groups in total. The number of thiophene rings is 1. The summed E-state index contributed by atoms with van der Waals surface area (Å²) in [5.41, 5.74) is 1.35. The Morgan fingerprint density at radius 2 is 1.94 bits per heavy atom. The van der Waals surface area contributed by atoms with Gasteiger partial charge in [0.2, 0.25) is 0 Å². The van der Waals surface area contributed by atoms with Gasteiger partial charge in [-0.15, -0.1) is 11.3 Å². The maximum absolute atomic E-state index is 13.2. The van der Waals surface area contributed by atoms with E-state index in [-0.39, 0.29) is 17.4 Å². The number of halogens is 1. The number of hydrogen-bond acceptors (Lipinski definition) is 6. The average molecular weight is 495 g/mol. The number of carbonyl (C=O) groups is 2. The van der Waals surface area contributed by atoms with E-state index in [4.69, 9.17) is 4.74 Å². The molecule has 2 amide bonds. The zero-order valence-corrected chi connectivity index (χ0v) is 20.2. The summed E-state index contributed by atoms with van der Waals surface area (Å²) >= 11 is 1.39. The molecule has 0 saturated carbocycles. The van der Waals surface area contributed by atoms with Gasteiger partial charge in [0.05, 0.1) is 17.1 Å². The molecule has 0 radical (unpaired) electrons. The molecule has 1 saturated heterocycles. The average Bonchev–Trinajstić information content (AvgIpc) is 3.27. The normalized spacial score (nSPS) is 22.3. The molecule has 2 aromatic rings. The van der Waals surface area contributed by atoms with Crippen LogP contribution in [0.1, 0.15) is 47.5 Å². The molecule has 4 rings (SSSR count). The highest BCUT2D eigenvalue weighted by Crippen LogP contribution is 2.40. The van der Waals surface area contributed by atoms with E-state index in [0.717, 1.165) is 29.7 Å². The standard InChI is InChI=1S/C23H27FN2O5S2/c1-13-3-8-18-19(11-13)32-23(20(18)22(28)25-16-9-10-33(29,30)12-16)26-21(27)14(2)31-17-6-4-15(24)5-7-17/h4-7,13-14,16H,3,8-12H2,1-2H3,(H,25,28)(H,26,27)/t13-,14-,16-/m1/s1. The molecule has 0 spiro atoms. The summed E-state index contributed by atoms with van der Waals surface area (Å²) in [7, 11) is -3.13. The molecule has 1 aliphatic carbocycles. The molecule has 3 atom stereocenters. The highest BCUT2D eigenvalue weighted by atomic mass is 32.2. The van der Waals surface area contributed by atoms with E-state index in [0.29, 0.717) is 28.7 Å². The van der Waals surface area contributed by atoms with Gasteiger partial charge in [0.1, 0.15) is 16.6 Å². The molecular weight excluding hydrogens is 467 g/mol. The van der Waals surface area contributed by atoms with Crippen LogP contribution < -0.4 is 15.4 Å². The molecule has 33 heavy (non-hydrogen) atoms. The van der Waals surface area contributed by atoms with Crippen LogP contribution in [0.3, 0.4) is 0 Å². The van der Waals surface area contributed by atoms with Crippen molar-refractivity contribution < 1.29 is 27.1 Å². The third-order valence-electron chi connectivity index (χ3n) is 6.04. The SMILES string of the molecule is C[C@@H]1CCc2c(sc(NC(=O)[C@@H](C)Oc3ccc(F)cc3)c2C(=O)N[C@@H]2CCS(=O)(=O)C2)C1. The van der Waals surface area contributed by atoms with Gasteiger partial charge in [0.25, 0.3) is 11.8 Å². The molecule has 2 heterocycles. The smallest absolute Gasteiger partial charge is 0.265 e. The third kappa shape index (κ3) is 5.55. The zero-order chi connectivity index (χ0) is 23.8. The minimum atomic E-state index is -3.13. The third-order valence-corrected chi connectivity index (χ3v) is 8.98. The maximum Gasteiger partial charge on any atom is 0.265 e. The molecule has 1 aliphatic heterocycles. The predicted molar refractivity (Wildman–Crippen MR) is 125 cm³/mol. The molecule has 0 unspecified atom stereocenters. The summed E-state index contributed by atoms with van der Waals surface area (Å²) in [6, 6.07) is 4.96. The maximum atomic E-state index is 13.2. The second-order valence-electron chi connectivity index (χ2n) is 8.83. The number of hydrogen-bond donors (Lipinski definition) is 2. The summed E-state index contributed by atoms with van der Waals surface area (Å²) < 4.78 is 42.3. The van der Waals surface area contributed by atoms with Crippen LogP contribution in [-0.4, -0.2) is 43.9 Å². The van der Waals surface area contributed by atoms with Gasteiger partial charge < -0.3 is 15.4 Å². The monoisotopic (exact) mass is 494 g/mol. The molecule has 1 aromatic carbocycles. The lowest BCUT2D eigenvalue weighted by molar-refractivity contribution is -0.122. The molecule has 2 aliphatic rings. The molecule has 10 heteroatoms. The number of nitrogens with one attached hydrogen (secondary N) is 2. The highest BCUT2D eigenvalue weighted by Gasteiger charge is 2.33. The molecule has 178 valence electrons. The van der Waals surface area contributed by atoms with Crippen LogP contribution in [0.4, 0.5) is 9.39 Å². The van der Waals surface area contributed by atoms with Gasteiger partial charge >= 0.3 is 0 Å². The van der Waals surface area contributed by atoms with Gasteiger partial charge in [-0.05, 0) is 68.4 Å². The van der Waals surface area contributed by atoms with Crippen LogP contribution in [0.25, 0.3) is 0 Å². The van der Waals surface area contributed by atoms with E-state index < -0.39 is 33.7 Å². The van der Waals surface area contributed by atoms with E-state index in [1.165, 1.54) is 35.6 Å². The lowest BCUT2D eigenvalue weighted by Gasteiger charge is -2.19. The van der Waals surface area contributed by atoms with Crippen molar-refractivity contribution in [1.82, 2.24) is 5.32 Å². The lowest BCUT2D eigenvalue weighted by Crippen LogP contribution is -2.37. The van der Waals surface area contributed by atoms with Crippen LogP contribution in [-0.2, 0) is 27.5 Å². The fraction of sp³-hybridized carbons (Fsp3) is 0.478. The minimum Gasteiger partial charge on any atom is -0.481 e. The summed E-state index contributed by atoms with van der Waals surface area (Å²) in [5, 5.41) is 6.15. The van der Waals surface area contributed by atoms with Crippen LogP contribution >= 0.6 is 11.3 Å². The summed E-state index contributed by atoms with van der Waals surface area (Å²) in [6.07, 6.45) is 2.02. The number of rotatable bonds is 6. The number of anilines is 1. The fourth-order valence-electron chi connectivity index (χ4n) is 4.23. The van der Waals surface area contributed by atoms with Crippen LogP contribution in [0.5, 0.6) is 5.75 Å². The number of sulfone groups is 1. The molecule has 1 aromatic heterocycles. The summed E-state index contributed by atoms with van der Waals surface area (Å²) in [4.78, 5) is 27.1. The number of fused-ring (bicyclic) bond motifs is 1. The Labute approximate surface area is 196 Å². The van der Waals surface area contributed by atoms with Gasteiger partial charge in [0.15, 0.2) is 15.9 Å². The van der Waals surface area contributed by atoms with Gasteiger partial charge in [-0.25, -0.2) is 12.8 Å². The first-order valence-electron chi connectivity index (χ1n) is 11.0. The number of benzene rings is 1. The van der Waals surface area contributed by atoms with Crippen molar-refractivity contribution in [2.75, 3.05) is 16.8 Å². The van der Waals surface area contributed by atoms with E-state index in [1.54, 1.807) is 6.92 Å².